The number of benzene rings is 1. The number of hydrogen-bond acceptors (Lipinski definition) is 7. The predicted octanol–water partition coefficient (Wildman–Crippen LogP) is 4.06. The van der Waals surface area contributed by atoms with E-state index in [4.69, 9.17) is 9.26 Å². The number of aromatic nitrogens is 2. The standard InChI is InChI=1S/C22H23F6N3O5S/c1-11(21(23,24)25)35-15-6-5-13(37(4,33)34)7-14(15)16(32)31-9-12-8-20(12,10-31)17-29-18(36-30-17)19(2,3)22(26,27)28/h5-7,11-12H,8-10H2,1-4H3/t11-,12?,20?/m0/s1. The summed E-state index contributed by atoms with van der Waals surface area (Å²) in [5, 5.41) is 3.74. The molecule has 1 amide bonds. The van der Waals surface area contributed by atoms with Crippen molar-refractivity contribution in [3.8, 4) is 5.75 Å². The van der Waals surface area contributed by atoms with E-state index in [9.17, 15) is 39.6 Å². The maximum absolute atomic E-state index is 13.4. The summed E-state index contributed by atoms with van der Waals surface area (Å²) in [5.41, 5.74) is -3.66. The Labute approximate surface area is 207 Å². The zero-order valence-corrected chi connectivity index (χ0v) is 20.9. The van der Waals surface area contributed by atoms with Crippen LogP contribution in [0.25, 0.3) is 0 Å². The number of likely N-dealkylation sites (tertiary alicyclic amines) is 1. The monoisotopic (exact) mass is 555 g/mol. The fourth-order valence-corrected chi connectivity index (χ4v) is 4.87. The fourth-order valence-electron chi connectivity index (χ4n) is 4.22. The topological polar surface area (TPSA) is 103 Å². The fraction of sp³-hybridized carbons (Fsp3) is 0.591. The van der Waals surface area contributed by atoms with Crippen LogP contribution in [0.3, 0.4) is 0 Å². The normalized spacial score (nSPS) is 23.1. The number of ether oxygens (including phenoxy) is 1. The van der Waals surface area contributed by atoms with Crippen molar-refractivity contribution in [1.29, 1.82) is 0 Å². The Hall–Kier alpha value is -2.84. The molecule has 0 spiro atoms. The van der Waals surface area contributed by atoms with Gasteiger partial charge in [0.05, 0.1) is 15.9 Å². The minimum atomic E-state index is -4.74. The summed E-state index contributed by atoms with van der Waals surface area (Å²) >= 11 is 0. The highest BCUT2D eigenvalue weighted by Crippen LogP contribution is 2.58. The number of piperidine rings is 1. The number of rotatable bonds is 6. The number of alkyl halides is 6. The van der Waals surface area contributed by atoms with Gasteiger partial charge in [-0.25, -0.2) is 8.42 Å². The molecule has 2 heterocycles. The van der Waals surface area contributed by atoms with Crippen LogP contribution in [0.4, 0.5) is 26.3 Å². The summed E-state index contributed by atoms with van der Waals surface area (Å²) in [6.07, 6.45) is -10.3. The Morgan fingerprint density at radius 1 is 1.22 bits per heavy atom. The van der Waals surface area contributed by atoms with Crippen molar-refractivity contribution in [2.24, 2.45) is 5.92 Å². The van der Waals surface area contributed by atoms with Crippen LogP contribution < -0.4 is 4.74 Å². The second kappa shape index (κ2) is 8.33. The average Bonchev–Trinajstić information content (AvgIpc) is 3.12. The first-order valence-corrected chi connectivity index (χ1v) is 12.9. The van der Waals surface area contributed by atoms with E-state index in [1.807, 2.05) is 0 Å². The lowest BCUT2D eigenvalue weighted by Crippen LogP contribution is -2.37. The number of nitrogens with zero attached hydrogens (tertiary/aromatic N) is 3. The molecule has 0 bridgehead atoms. The maximum Gasteiger partial charge on any atom is 0.425 e. The van der Waals surface area contributed by atoms with Crippen molar-refractivity contribution >= 4 is 15.7 Å². The van der Waals surface area contributed by atoms with Gasteiger partial charge < -0.3 is 14.2 Å². The molecule has 8 nitrogen and oxygen atoms in total. The van der Waals surface area contributed by atoms with Gasteiger partial charge in [-0.3, -0.25) is 4.79 Å². The van der Waals surface area contributed by atoms with Crippen LogP contribution in [0.2, 0.25) is 0 Å². The van der Waals surface area contributed by atoms with Gasteiger partial charge >= 0.3 is 12.4 Å². The molecule has 4 rings (SSSR count). The first-order valence-electron chi connectivity index (χ1n) is 11.1. The number of sulfone groups is 1. The van der Waals surface area contributed by atoms with E-state index in [1.165, 1.54) is 4.90 Å². The summed E-state index contributed by atoms with van der Waals surface area (Å²) in [6, 6.07) is 2.98. The molecule has 2 aromatic rings. The summed E-state index contributed by atoms with van der Waals surface area (Å²) in [4.78, 5) is 18.3. The number of hydrogen-bond donors (Lipinski definition) is 0. The third-order valence-corrected chi connectivity index (χ3v) is 8.03. The molecule has 1 aliphatic carbocycles. The van der Waals surface area contributed by atoms with Crippen molar-refractivity contribution in [3.05, 3.63) is 35.5 Å². The molecular weight excluding hydrogens is 532 g/mol. The summed E-state index contributed by atoms with van der Waals surface area (Å²) in [6.45, 7) is 2.61. The number of carbonyl (C=O) groups excluding carboxylic acids is 1. The molecule has 37 heavy (non-hydrogen) atoms. The Kier molecular flexibility index (Phi) is 6.13. The van der Waals surface area contributed by atoms with Gasteiger partial charge in [-0.1, -0.05) is 5.16 Å². The Balaban J connectivity index is 1.62. The molecule has 15 heteroatoms. The van der Waals surface area contributed by atoms with Gasteiger partial charge in [-0.15, -0.1) is 0 Å². The molecule has 1 aromatic heterocycles. The van der Waals surface area contributed by atoms with E-state index in [0.29, 0.717) is 6.42 Å². The number of amides is 1. The minimum Gasteiger partial charge on any atom is -0.480 e. The molecule has 0 radical (unpaired) electrons. The molecule has 204 valence electrons. The highest BCUT2D eigenvalue weighted by atomic mass is 32.2. The largest absolute Gasteiger partial charge is 0.480 e. The highest BCUT2D eigenvalue weighted by molar-refractivity contribution is 7.90. The van der Waals surface area contributed by atoms with E-state index < -0.39 is 56.7 Å². The van der Waals surface area contributed by atoms with Crippen LogP contribution in [0.5, 0.6) is 5.75 Å². The molecule has 1 saturated heterocycles. The van der Waals surface area contributed by atoms with Gasteiger partial charge in [0.1, 0.15) is 11.2 Å². The van der Waals surface area contributed by atoms with Crippen LogP contribution in [-0.2, 0) is 20.7 Å². The van der Waals surface area contributed by atoms with Gasteiger partial charge in [0.25, 0.3) is 5.91 Å². The van der Waals surface area contributed by atoms with Gasteiger partial charge in [0.2, 0.25) is 5.89 Å². The van der Waals surface area contributed by atoms with E-state index >= 15 is 0 Å². The predicted molar refractivity (Wildman–Crippen MR) is 115 cm³/mol. The average molecular weight is 555 g/mol. The molecule has 1 aliphatic heterocycles. The van der Waals surface area contributed by atoms with Crippen LogP contribution >= 0.6 is 0 Å². The van der Waals surface area contributed by atoms with E-state index in [1.54, 1.807) is 0 Å². The Bertz CT molecular complexity index is 1340. The zero-order valence-electron chi connectivity index (χ0n) is 20.1. The van der Waals surface area contributed by atoms with Crippen molar-refractivity contribution in [2.45, 2.75) is 61.4 Å². The van der Waals surface area contributed by atoms with E-state index in [-0.39, 0.29) is 35.3 Å². The molecule has 2 unspecified atom stereocenters. The Morgan fingerprint density at radius 2 is 1.86 bits per heavy atom. The third-order valence-electron chi connectivity index (χ3n) is 6.92. The third kappa shape index (κ3) is 4.77. The molecule has 1 saturated carbocycles. The van der Waals surface area contributed by atoms with Gasteiger partial charge in [-0.05, 0) is 51.3 Å². The van der Waals surface area contributed by atoms with Crippen LogP contribution in [-0.4, -0.2) is 67.2 Å². The van der Waals surface area contributed by atoms with Crippen molar-refractivity contribution in [2.75, 3.05) is 19.3 Å². The van der Waals surface area contributed by atoms with Crippen molar-refractivity contribution in [3.63, 3.8) is 0 Å². The van der Waals surface area contributed by atoms with E-state index in [2.05, 4.69) is 10.1 Å². The first kappa shape index (κ1) is 27.2. The first-order chi connectivity index (χ1) is 16.8. The highest BCUT2D eigenvalue weighted by Gasteiger charge is 2.65. The lowest BCUT2D eigenvalue weighted by molar-refractivity contribution is -0.189. The van der Waals surface area contributed by atoms with Gasteiger partial charge in [0, 0.05) is 19.3 Å². The van der Waals surface area contributed by atoms with Gasteiger partial charge in [0.15, 0.2) is 21.8 Å². The minimum absolute atomic E-state index is 0.00665. The molecule has 2 aliphatic rings. The molecular formula is C22H23F6N3O5S. The number of fused-ring (bicyclic) bond motifs is 1. The molecule has 0 N–H and O–H groups in total. The molecule has 2 fully saturated rings. The smallest absolute Gasteiger partial charge is 0.425 e. The van der Waals surface area contributed by atoms with Crippen molar-refractivity contribution < 1.29 is 48.8 Å². The lowest BCUT2D eigenvalue weighted by Gasteiger charge is -2.24. The lowest BCUT2D eigenvalue weighted by atomic mass is 9.92. The second-order valence-corrected chi connectivity index (χ2v) is 12.0. The maximum atomic E-state index is 13.4. The summed E-state index contributed by atoms with van der Waals surface area (Å²) in [5.74, 6) is -2.08. The van der Waals surface area contributed by atoms with Crippen molar-refractivity contribution in [1.82, 2.24) is 15.0 Å². The van der Waals surface area contributed by atoms with Crippen LogP contribution in [0.15, 0.2) is 27.6 Å². The van der Waals surface area contributed by atoms with Crippen LogP contribution in [0, 0.1) is 5.92 Å². The van der Waals surface area contributed by atoms with Crippen LogP contribution in [0.1, 0.15) is 49.3 Å². The quantitative estimate of drug-likeness (QED) is 0.496. The second-order valence-electron chi connectivity index (χ2n) is 10.0. The number of halogens is 6. The SMILES string of the molecule is C[C@H](Oc1ccc(S(C)(=O)=O)cc1C(=O)N1CC2CC2(c2noc(C(C)(C)C(F)(F)F)n2)C1)C(F)(F)F. The van der Waals surface area contributed by atoms with Gasteiger partial charge in [-0.2, -0.15) is 31.3 Å². The zero-order chi connectivity index (χ0) is 27.8. The molecule has 1 aromatic carbocycles. The molecule has 3 atom stereocenters. The summed E-state index contributed by atoms with van der Waals surface area (Å²) in [7, 11) is -3.81. The number of carbonyl (C=O) groups is 1. The summed E-state index contributed by atoms with van der Waals surface area (Å²) < 4.78 is 113. The van der Waals surface area contributed by atoms with E-state index in [0.717, 1.165) is 45.2 Å². The Morgan fingerprint density at radius 3 is 2.43 bits per heavy atom.